The third-order valence-corrected chi connectivity index (χ3v) is 6.70. The molecule has 0 fully saturated rings. The molecule has 1 heterocycles. The van der Waals surface area contributed by atoms with Crippen molar-refractivity contribution >= 4 is 24.1 Å². The highest BCUT2D eigenvalue weighted by Gasteiger charge is 2.33. The first-order chi connectivity index (χ1) is 12.5. The van der Waals surface area contributed by atoms with Gasteiger partial charge in [0, 0.05) is 24.9 Å². The average Bonchev–Trinajstić information content (AvgIpc) is 2.53. The van der Waals surface area contributed by atoms with Gasteiger partial charge in [-0.05, 0) is 18.2 Å². The number of halogens is 3. The van der Waals surface area contributed by atoms with Gasteiger partial charge in [-0.25, -0.2) is 25.9 Å². The van der Waals surface area contributed by atoms with Gasteiger partial charge in [0.15, 0.2) is 10.7 Å². The predicted molar refractivity (Wildman–Crippen MR) is 95.3 cm³/mol. The van der Waals surface area contributed by atoms with Crippen LogP contribution in [0.2, 0.25) is 19.1 Å². The molecular formula is C15H19F3N4O3SSi. The number of anilines is 1. The molecule has 0 bridgehead atoms. The Morgan fingerprint density at radius 2 is 1.85 bits per heavy atom. The first kappa shape index (κ1) is 21.3. The van der Waals surface area contributed by atoms with Gasteiger partial charge in [-0.2, -0.15) is 5.10 Å². The van der Waals surface area contributed by atoms with Crippen LogP contribution in [0.25, 0.3) is 0 Å². The third kappa shape index (κ3) is 5.48. The van der Waals surface area contributed by atoms with Crippen molar-refractivity contribution in [3.05, 3.63) is 47.9 Å². The molecule has 1 aromatic carbocycles. The van der Waals surface area contributed by atoms with Gasteiger partial charge in [-0.3, -0.25) is 0 Å². The molecular weight excluding hydrogens is 401 g/mol. The number of benzene rings is 1. The predicted octanol–water partition coefficient (Wildman–Crippen LogP) is 2.23. The highest BCUT2D eigenvalue weighted by molar-refractivity contribution is 7.92. The quantitative estimate of drug-likeness (QED) is 0.400. The van der Waals surface area contributed by atoms with Crippen LogP contribution in [0.15, 0.2) is 35.4 Å². The average molecular weight is 420 g/mol. The molecule has 2 rings (SSSR count). The van der Waals surface area contributed by atoms with E-state index in [1.54, 1.807) is 0 Å². The van der Waals surface area contributed by atoms with Crippen molar-refractivity contribution in [1.82, 2.24) is 10.2 Å². The van der Waals surface area contributed by atoms with Gasteiger partial charge in [-0.15, -0.1) is 5.10 Å². The Labute approximate surface area is 156 Å². The second-order valence-electron chi connectivity index (χ2n) is 6.41. The number of sulfonamides is 1. The second kappa shape index (κ2) is 8.33. The molecule has 7 nitrogen and oxygen atoms in total. The van der Waals surface area contributed by atoms with E-state index in [4.69, 9.17) is 10.1 Å². The minimum Gasteiger partial charge on any atom is -0.360 e. The number of hydrogen-bond acceptors (Lipinski definition) is 6. The summed E-state index contributed by atoms with van der Waals surface area (Å²) in [5.74, 6) is -4.56. The summed E-state index contributed by atoms with van der Waals surface area (Å²) in [4.78, 5) is -1.30. The summed E-state index contributed by atoms with van der Waals surface area (Å²) in [5, 5.41) is 13.2. The summed E-state index contributed by atoms with van der Waals surface area (Å²) in [6.45, 7) is 3.38. The first-order valence-corrected chi connectivity index (χ1v) is 12.6. The van der Waals surface area contributed by atoms with Crippen LogP contribution < -0.4 is 9.70 Å². The Hall–Kier alpha value is -2.02. The number of ether oxygens (including phenoxy) is 1. The molecule has 0 atom stereocenters. The van der Waals surface area contributed by atoms with Crippen LogP contribution in [0.5, 0.6) is 0 Å². The molecule has 0 saturated heterocycles. The van der Waals surface area contributed by atoms with E-state index < -0.39 is 47.3 Å². The number of aromatic nitrogens is 2. The smallest absolute Gasteiger partial charge is 0.273 e. The van der Waals surface area contributed by atoms with Crippen LogP contribution in [0.3, 0.4) is 0 Å². The molecule has 2 aromatic rings. The normalized spacial score (nSPS) is 12.2. The highest BCUT2D eigenvalue weighted by Crippen LogP contribution is 2.26. The van der Waals surface area contributed by atoms with Crippen molar-refractivity contribution in [2.24, 2.45) is 5.40 Å². The third-order valence-electron chi connectivity index (χ3n) is 3.42. The number of nitrogens with two attached hydrogens (primary N) is 1. The molecule has 1 aromatic heterocycles. The van der Waals surface area contributed by atoms with Crippen LogP contribution in [-0.2, 0) is 14.8 Å². The summed E-state index contributed by atoms with van der Waals surface area (Å²) in [7, 11) is -6.70. The fourth-order valence-corrected chi connectivity index (χ4v) is 4.11. The number of nitrogens with zero attached hydrogens (tertiary/aromatic N) is 3. The van der Waals surface area contributed by atoms with E-state index in [-0.39, 0.29) is 24.6 Å². The van der Waals surface area contributed by atoms with E-state index in [9.17, 15) is 21.6 Å². The van der Waals surface area contributed by atoms with Gasteiger partial charge in [0.25, 0.3) is 10.0 Å². The molecule has 0 spiro atoms. The summed E-state index contributed by atoms with van der Waals surface area (Å²) in [5.41, 5.74) is 0. The molecule has 27 heavy (non-hydrogen) atoms. The van der Waals surface area contributed by atoms with Crippen molar-refractivity contribution in [2.45, 2.75) is 24.0 Å². The lowest BCUT2D eigenvalue weighted by atomic mass is 10.3. The van der Waals surface area contributed by atoms with Crippen molar-refractivity contribution in [3.63, 3.8) is 0 Å². The van der Waals surface area contributed by atoms with E-state index >= 15 is 0 Å². The zero-order chi connectivity index (χ0) is 20.2. The maximum absolute atomic E-state index is 14.1. The largest absolute Gasteiger partial charge is 0.360 e. The monoisotopic (exact) mass is 420 g/mol. The van der Waals surface area contributed by atoms with Crippen molar-refractivity contribution in [2.75, 3.05) is 17.6 Å². The van der Waals surface area contributed by atoms with E-state index in [0.29, 0.717) is 10.3 Å². The minimum atomic E-state index is -4.78. The van der Waals surface area contributed by atoms with E-state index in [1.165, 1.54) is 18.3 Å². The molecule has 0 aliphatic carbocycles. The van der Waals surface area contributed by atoms with Gasteiger partial charge in [0.05, 0.1) is 0 Å². The van der Waals surface area contributed by atoms with E-state index in [1.807, 2.05) is 13.1 Å². The lowest BCUT2D eigenvalue weighted by Crippen LogP contribution is -2.40. The lowest BCUT2D eigenvalue weighted by Gasteiger charge is -2.24. The molecule has 0 amide bonds. The lowest BCUT2D eigenvalue weighted by molar-refractivity contribution is 0.156. The summed E-state index contributed by atoms with van der Waals surface area (Å²) >= 11 is 0. The number of rotatable bonds is 8. The van der Waals surface area contributed by atoms with Gasteiger partial charge in [0.1, 0.15) is 32.4 Å². The van der Waals surface area contributed by atoms with Crippen LogP contribution in [0.1, 0.15) is 0 Å². The zero-order valence-corrected chi connectivity index (χ0v) is 16.5. The number of hydrogen-bond donors (Lipinski definition) is 1. The van der Waals surface area contributed by atoms with Gasteiger partial charge >= 0.3 is 0 Å². The standard InChI is InChI=1S/C15H19F3N4O3SSi/c1-27(2,19)7-6-25-10-22(14-4-3-5-20-21-14)26(23,24)15-12(17)8-11(16)9-13(15)18/h3-5,8-9H,6-7,10,19H2,1-2H3. The Morgan fingerprint density at radius 3 is 2.37 bits per heavy atom. The molecule has 148 valence electrons. The molecule has 12 heteroatoms. The fourth-order valence-electron chi connectivity index (χ4n) is 2.05. The Bertz CT molecular complexity index is 872. The summed E-state index contributed by atoms with van der Waals surface area (Å²) < 4.78 is 72.8. The molecule has 0 aliphatic rings. The van der Waals surface area contributed by atoms with E-state index in [2.05, 4.69) is 10.2 Å². The van der Waals surface area contributed by atoms with E-state index in [0.717, 1.165) is 0 Å². The van der Waals surface area contributed by atoms with Crippen LogP contribution in [0.4, 0.5) is 19.0 Å². The minimum absolute atomic E-state index is 0.149. The molecule has 0 aliphatic heterocycles. The topological polar surface area (TPSA) is 98.4 Å². The van der Waals surface area contributed by atoms with Crippen LogP contribution >= 0.6 is 0 Å². The molecule has 2 N–H and O–H groups in total. The molecule has 0 unspecified atom stereocenters. The van der Waals surface area contributed by atoms with Crippen molar-refractivity contribution in [3.8, 4) is 0 Å². The highest BCUT2D eigenvalue weighted by atomic mass is 32.2. The maximum Gasteiger partial charge on any atom is 0.273 e. The fraction of sp³-hybridized carbons (Fsp3) is 0.333. The second-order valence-corrected chi connectivity index (χ2v) is 12.7. The van der Waals surface area contributed by atoms with Gasteiger partial charge in [-0.1, -0.05) is 13.1 Å². The van der Waals surface area contributed by atoms with Gasteiger partial charge < -0.3 is 10.1 Å². The van der Waals surface area contributed by atoms with Crippen molar-refractivity contribution in [1.29, 1.82) is 0 Å². The van der Waals surface area contributed by atoms with Crippen LogP contribution in [-0.4, -0.2) is 40.2 Å². The zero-order valence-electron chi connectivity index (χ0n) is 14.7. The molecule has 0 saturated carbocycles. The van der Waals surface area contributed by atoms with Crippen molar-refractivity contribution < 1.29 is 26.3 Å². The SMILES string of the molecule is C[Si](C)(N)CCOCN(c1cccnn1)S(=O)(=O)c1c(F)cc(F)cc1F. The summed E-state index contributed by atoms with van der Waals surface area (Å²) in [6.07, 6.45) is 1.30. The molecule has 0 radical (unpaired) electrons. The Balaban J connectivity index is 2.38. The Kier molecular flexibility index (Phi) is 6.57. The van der Waals surface area contributed by atoms with Gasteiger partial charge in [0.2, 0.25) is 0 Å². The Morgan fingerprint density at radius 1 is 1.22 bits per heavy atom. The van der Waals surface area contributed by atoms with Crippen LogP contribution in [0, 0.1) is 17.5 Å². The maximum atomic E-state index is 14.1. The summed E-state index contributed by atoms with van der Waals surface area (Å²) in [6, 6.07) is 3.80. The first-order valence-electron chi connectivity index (χ1n) is 7.84.